The van der Waals surface area contributed by atoms with E-state index in [9.17, 15) is 13.0 Å². The Bertz CT molecular complexity index is 169. The summed E-state index contributed by atoms with van der Waals surface area (Å²) >= 11 is 8.19. The van der Waals surface area contributed by atoms with Crippen molar-refractivity contribution in [1.29, 1.82) is 0 Å². The molecule has 0 aliphatic rings. The standard InChI is InChI=1S/C3H6BrClO3S.Na/c4-3(5)1-2-9(6,7)8;/h3H,1-2H2,(H,6,7,8);/q;+1/p-1. The zero-order valence-electron chi connectivity index (χ0n) is 5.38. The quantitative estimate of drug-likeness (QED) is 0.331. The first-order chi connectivity index (χ1) is 3.92. The van der Waals surface area contributed by atoms with E-state index >= 15 is 0 Å². The minimum atomic E-state index is -4.08. The summed E-state index contributed by atoms with van der Waals surface area (Å²) in [6, 6.07) is 0. The van der Waals surface area contributed by atoms with Gasteiger partial charge in [-0.05, 0) is 6.42 Å². The molecule has 0 spiro atoms. The van der Waals surface area contributed by atoms with E-state index in [4.69, 9.17) is 11.6 Å². The van der Waals surface area contributed by atoms with Gasteiger partial charge in [-0.15, -0.1) is 11.6 Å². The molecule has 0 aromatic rings. The maximum Gasteiger partial charge on any atom is 1.00 e. The van der Waals surface area contributed by atoms with Crippen LogP contribution in [0.1, 0.15) is 6.42 Å². The van der Waals surface area contributed by atoms with Gasteiger partial charge in [-0.2, -0.15) is 0 Å². The van der Waals surface area contributed by atoms with Gasteiger partial charge in [0.15, 0.2) is 0 Å². The Hall–Kier alpha value is 1.68. The Morgan fingerprint density at radius 3 is 2.10 bits per heavy atom. The van der Waals surface area contributed by atoms with Crippen LogP contribution in [0.5, 0.6) is 0 Å². The fraction of sp³-hybridized carbons (Fsp3) is 1.00. The zero-order valence-corrected chi connectivity index (χ0v) is 10.5. The first-order valence-corrected chi connectivity index (χ1v) is 5.06. The minimum Gasteiger partial charge on any atom is -0.748 e. The second-order valence-corrected chi connectivity index (χ2v) is 5.12. The van der Waals surface area contributed by atoms with E-state index < -0.39 is 20.2 Å². The normalized spacial score (nSPS) is 13.9. The van der Waals surface area contributed by atoms with Gasteiger partial charge in [-0.25, -0.2) is 8.42 Å². The Morgan fingerprint density at radius 1 is 1.60 bits per heavy atom. The molecular weight excluding hydrogens is 254 g/mol. The van der Waals surface area contributed by atoms with Crippen LogP contribution >= 0.6 is 27.5 Å². The summed E-state index contributed by atoms with van der Waals surface area (Å²) in [5, 5.41) is 0. The van der Waals surface area contributed by atoms with Gasteiger partial charge >= 0.3 is 29.6 Å². The van der Waals surface area contributed by atoms with Crippen LogP contribution in [0.15, 0.2) is 0 Å². The minimum absolute atomic E-state index is 0. The predicted molar refractivity (Wildman–Crippen MR) is 37.7 cm³/mol. The fourth-order valence-electron chi connectivity index (χ4n) is 0.233. The molecule has 1 atom stereocenters. The molecule has 0 bridgehead atoms. The second-order valence-electron chi connectivity index (χ2n) is 1.44. The number of hydrogen-bond acceptors (Lipinski definition) is 3. The van der Waals surface area contributed by atoms with Crippen LogP contribution in [0.4, 0.5) is 0 Å². The molecule has 0 rings (SSSR count). The molecule has 0 aromatic heterocycles. The molecule has 0 fully saturated rings. The van der Waals surface area contributed by atoms with Crippen molar-refractivity contribution in [2.75, 3.05) is 5.75 Å². The number of hydrogen-bond donors (Lipinski definition) is 0. The SMILES string of the molecule is O=S(=O)([O-])CCC(Cl)Br.[Na+]. The molecule has 10 heavy (non-hydrogen) atoms. The largest absolute Gasteiger partial charge is 1.00 e. The number of alkyl halides is 2. The molecule has 0 radical (unpaired) electrons. The third kappa shape index (κ3) is 12.4. The monoisotopic (exact) mass is 258 g/mol. The molecule has 0 aromatic carbocycles. The van der Waals surface area contributed by atoms with Crippen molar-refractivity contribution >= 4 is 37.6 Å². The van der Waals surface area contributed by atoms with Gasteiger partial charge in [0, 0.05) is 5.75 Å². The van der Waals surface area contributed by atoms with Crippen molar-refractivity contribution in [2.45, 2.75) is 10.7 Å². The van der Waals surface area contributed by atoms with Crippen LogP contribution < -0.4 is 29.6 Å². The van der Waals surface area contributed by atoms with Crippen molar-refractivity contribution in [3.63, 3.8) is 0 Å². The molecule has 0 saturated heterocycles. The molecule has 0 saturated carbocycles. The molecule has 0 amide bonds. The van der Waals surface area contributed by atoms with Gasteiger partial charge in [-0.1, -0.05) is 15.9 Å². The van der Waals surface area contributed by atoms with Gasteiger partial charge in [-0.3, -0.25) is 0 Å². The van der Waals surface area contributed by atoms with E-state index in [1.807, 2.05) is 0 Å². The topological polar surface area (TPSA) is 57.2 Å². The Kier molecular flexibility index (Phi) is 8.85. The average Bonchev–Trinajstić information content (AvgIpc) is 1.59. The van der Waals surface area contributed by atoms with E-state index in [-0.39, 0.29) is 36.0 Å². The smallest absolute Gasteiger partial charge is 0.748 e. The molecule has 56 valence electrons. The average molecular weight is 259 g/mol. The van der Waals surface area contributed by atoms with Gasteiger partial charge in [0.2, 0.25) is 0 Å². The summed E-state index contributed by atoms with van der Waals surface area (Å²) in [7, 11) is -4.08. The Balaban J connectivity index is 0. The van der Waals surface area contributed by atoms with Crippen LogP contribution in [0, 0.1) is 0 Å². The Morgan fingerprint density at radius 2 is 2.00 bits per heavy atom. The Labute approximate surface area is 95.7 Å². The van der Waals surface area contributed by atoms with Gasteiger partial charge < -0.3 is 4.55 Å². The van der Waals surface area contributed by atoms with Crippen LogP contribution in [-0.2, 0) is 10.1 Å². The van der Waals surface area contributed by atoms with Gasteiger partial charge in [0.1, 0.15) is 0 Å². The number of rotatable bonds is 3. The van der Waals surface area contributed by atoms with E-state index in [1.54, 1.807) is 0 Å². The van der Waals surface area contributed by atoms with Crippen LogP contribution in [0.25, 0.3) is 0 Å². The van der Waals surface area contributed by atoms with Crippen LogP contribution in [-0.4, -0.2) is 23.0 Å². The molecule has 0 aliphatic heterocycles. The third-order valence-electron chi connectivity index (χ3n) is 0.586. The summed E-state index contributed by atoms with van der Waals surface area (Å²) in [5.74, 6) is -0.410. The fourth-order valence-corrected chi connectivity index (χ4v) is 1.53. The van der Waals surface area contributed by atoms with Crippen molar-refractivity contribution in [3.05, 3.63) is 0 Å². The molecule has 3 nitrogen and oxygen atoms in total. The van der Waals surface area contributed by atoms with Crippen LogP contribution in [0.2, 0.25) is 0 Å². The predicted octanol–water partition coefficient (Wildman–Crippen LogP) is -2.11. The third-order valence-corrected chi connectivity index (χ3v) is 2.00. The molecule has 0 N–H and O–H groups in total. The summed E-state index contributed by atoms with van der Waals surface area (Å²) < 4.78 is 29.3. The van der Waals surface area contributed by atoms with Gasteiger partial charge in [0.25, 0.3) is 0 Å². The van der Waals surface area contributed by atoms with E-state index in [0.717, 1.165) is 0 Å². The molecular formula is C3H5BrClNaO3S. The maximum absolute atomic E-state index is 9.90. The van der Waals surface area contributed by atoms with Crippen LogP contribution in [0.3, 0.4) is 0 Å². The van der Waals surface area contributed by atoms with E-state index in [1.165, 1.54) is 0 Å². The molecule has 0 heterocycles. The van der Waals surface area contributed by atoms with Crippen molar-refractivity contribution in [2.24, 2.45) is 0 Å². The van der Waals surface area contributed by atoms with Crippen molar-refractivity contribution < 1.29 is 42.5 Å². The van der Waals surface area contributed by atoms with Gasteiger partial charge in [0.05, 0.1) is 14.4 Å². The first kappa shape index (κ1) is 14.2. The summed E-state index contributed by atoms with van der Waals surface area (Å²) in [4.78, 5) is 0. The van der Waals surface area contributed by atoms with E-state index in [2.05, 4.69) is 15.9 Å². The maximum atomic E-state index is 9.90. The van der Waals surface area contributed by atoms with Crippen molar-refractivity contribution in [1.82, 2.24) is 0 Å². The number of halogens is 2. The second kappa shape index (κ2) is 6.22. The van der Waals surface area contributed by atoms with E-state index in [0.29, 0.717) is 0 Å². The molecule has 7 heteroatoms. The van der Waals surface area contributed by atoms with Crippen molar-refractivity contribution in [3.8, 4) is 0 Å². The molecule has 0 aliphatic carbocycles. The summed E-state index contributed by atoms with van der Waals surface area (Å²) in [5.41, 5.74) is 0. The molecule has 1 unspecified atom stereocenters. The first-order valence-electron chi connectivity index (χ1n) is 2.13. The zero-order chi connectivity index (χ0) is 7.49. The summed E-state index contributed by atoms with van der Waals surface area (Å²) in [6.07, 6.45) is 0.146. The summed E-state index contributed by atoms with van der Waals surface area (Å²) in [6.45, 7) is 0.